The second-order valence-corrected chi connectivity index (χ2v) is 5.74. The maximum absolute atomic E-state index is 11.8. The summed E-state index contributed by atoms with van der Waals surface area (Å²) >= 11 is 0. The Labute approximate surface area is 120 Å². The van der Waals surface area contributed by atoms with Crippen molar-refractivity contribution in [1.82, 2.24) is 10.6 Å². The van der Waals surface area contributed by atoms with Crippen molar-refractivity contribution in [2.75, 3.05) is 6.54 Å². The standard InChI is InChI=1S/C16H24N2O2/c1-11-6-3-4-8-13(11)15(19)10-17-16(20)18-14-9-5-7-12(14)2/h3-4,6,8,12,14-15,19H,5,7,9-10H2,1-2H3,(H2,17,18,20). The maximum atomic E-state index is 11.8. The van der Waals surface area contributed by atoms with Crippen molar-refractivity contribution < 1.29 is 9.90 Å². The lowest BCUT2D eigenvalue weighted by Gasteiger charge is -2.19. The molecule has 2 amide bonds. The fourth-order valence-electron chi connectivity index (χ4n) is 2.84. The molecule has 2 rings (SSSR count). The Hall–Kier alpha value is -1.55. The van der Waals surface area contributed by atoms with Crippen molar-refractivity contribution >= 4 is 6.03 Å². The average molecular weight is 276 g/mol. The maximum Gasteiger partial charge on any atom is 0.315 e. The first kappa shape index (κ1) is 14.9. The summed E-state index contributed by atoms with van der Waals surface area (Å²) in [6.45, 7) is 4.36. The number of aliphatic hydroxyl groups is 1. The molecule has 3 atom stereocenters. The van der Waals surface area contributed by atoms with Gasteiger partial charge in [0, 0.05) is 12.6 Å². The quantitative estimate of drug-likeness (QED) is 0.791. The molecule has 0 radical (unpaired) electrons. The number of benzene rings is 1. The normalized spacial score (nSPS) is 23.4. The van der Waals surface area contributed by atoms with Crippen LogP contribution < -0.4 is 10.6 Å². The van der Waals surface area contributed by atoms with Crippen LogP contribution in [0.15, 0.2) is 24.3 Å². The molecule has 1 aromatic carbocycles. The zero-order valence-corrected chi connectivity index (χ0v) is 12.2. The monoisotopic (exact) mass is 276 g/mol. The van der Waals surface area contributed by atoms with Crippen molar-refractivity contribution in [3.05, 3.63) is 35.4 Å². The van der Waals surface area contributed by atoms with Crippen LogP contribution in [0.4, 0.5) is 4.79 Å². The number of aliphatic hydroxyl groups excluding tert-OH is 1. The van der Waals surface area contributed by atoms with Crippen LogP contribution in [0.5, 0.6) is 0 Å². The highest BCUT2D eigenvalue weighted by molar-refractivity contribution is 5.74. The Bertz CT molecular complexity index is 462. The van der Waals surface area contributed by atoms with E-state index in [1.165, 1.54) is 12.8 Å². The van der Waals surface area contributed by atoms with Gasteiger partial charge in [0.25, 0.3) is 0 Å². The molecule has 1 saturated carbocycles. The molecule has 3 unspecified atom stereocenters. The third-order valence-electron chi connectivity index (χ3n) is 4.18. The van der Waals surface area contributed by atoms with Crippen molar-refractivity contribution in [3.63, 3.8) is 0 Å². The van der Waals surface area contributed by atoms with E-state index in [1.54, 1.807) is 0 Å². The number of nitrogens with one attached hydrogen (secondary N) is 2. The van der Waals surface area contributed by atoms with Crippen LogP contribution in [0.25, 0.3) is 0 Å². The van der Waals surface area contributed by atoms with Crippen LogP contribution in [0.3, 0.4) is 0 Å². The van der Waals surface area contributed by atoms with Crippen molar-refractivity contribution in [3.8, 4) is 0 Å². The molecule has 110 valence electrons. The molecule has 0 aliphatic heterocycles. The van der Waals surface area contributed by atoms with Gasteiger partial charge in [0.2, 0.25) is 0 Å². The predicted octanol–water partition coefficient (Wildman–Crippen LogP) is 2.52. The van der Waals surface area contributed by atoms with Crippen LogP contribution >= 0.6 is 0 Å². The number of carbonyl (C=O) groups excluding carboxylic acids is 1. The first-order valence-corrected chi connectivity index (χ1v) is 7.36. The molecule has 0 spiro atoms. The lowest BCUT2D eigenvalue weighted by atomic mass is 10.0. The lowest BCUT2D eigenvalue weighted by molar-refractivity contribution is 0.171. The van der Waals surface area contributed by atoms with Gasteiger partial charge in [-0.1, -0.05) is 37.6 Å². The zero-order chi connectivity index (χ0) is 14.5. The second kappa shape index (κ2) is 6.75. The van der Waals surface area contributed by atoms with Gasteiger partial charge in [-0.15, -0.1) is 0 Å². The molecule has 1 aliphatic rings. The summed E-state index contributed by atoms with van der Waals surface area (Å²) in [5.41, 5.74) is 1.90. The second-order valence-electron chi connectivity index (χ2n) is 5.74. The van der Waals surface area contributed by atoms with Gasteiger partial charge in [-0.3, -0.25) is 0 Å². The van der Waals surface area contributed by atoms with E-state index in [1.807, 2.05) is 31.2 Å². The SMILES string of the molecule is Cc1ccccc1C(O)CNC(=O)NC1CCCC1C. The minimum atomic E-state index is -0.664. The van der Waals surface area contributed by atoms with Gasteiger partial charge in [-0.05, 0) is 36.8 Å². The molecular formula is C16H24N2O2. The minimum absolute atomic E-state index is 0.184. The highest BCUT2D eigenvalue weighted by Crippen LogP contribution is 2.24. The highest BCUT2D eigenvalue weighted by Gasteiger charge is 2.24. The molecule has 1 aromatic rings. The number of hydrogen-bond donors (Lipinski definition) is 3. The van der Waals surface area contributed by atoms with Gasteiger partial charge in [-0.25, -0.2) is 4.79 Å². The van der Waals surface area contributed by atoms with Crippen molar-refractivity contribution in [2.24, 2.45) is 5.92 Å². The molecule has 1 aliphatic carbocycles. The Morgan fingerprint density at radius 2 is 2.15 bits per heavy atom. The summed E-state index contributed by atoms with van der Waals surface area (Å²) in [5, 5.41) is 15.9. The van der Waals surface area contributed by atoms with E-state index in [0.29, 0.717) is 5.92 Å². The number of carbonyl (C=O) groups is 1. The first-order chi connectivity index (χ1) is 9.58. The summed E-state index contributed by atoms with van der Waals surface area (Å²) in [4.78, 5) is 11.8. The summed E-state index contributed by atoms with van der Waals surface area (Å²) in [6, 6.07) is 7.76. The lowest BCUT2D eigenvalue weighted by Crippen LogP contribution is -2.44. The molecule has 0 bridgehead atoms. The highest BCUT2D eigenvalue weighted by atomic mass is 16.3. The predicted molar refractivity (Wildman–Crippen MR) is 79.5 cm³/mol. The summed E-state index contributed by atoms with van der Waals surface area (Å²) in [6.07, 6.45) is 2.74. The number of amides is 2. The van der Waals surface area contributed by atoms with E-state index in [4.69, 9.17) is 0 Å². The molecular weight excluding hydrogens is 252 g/mol. The molecule has 3 N–H and O–H groups in total. The topological polar surface area (TPSA) is 61.4 Å². The first-order valence-electron chi connectivity index (χ1n) is 7.36. The molecule has 1 fully saturated rings. The summed E-state index contributed by atoms with van der Waals surface area (Å²) < 4.78 is 0. The van der Waals surface area contributed by atoms with Crippen LogP contribution in [0, 0.1) is 12.8 Å². The fraction of sp³-hybridized carbons (Fsp3) is 0.562. The van der Waals surface area contributed by atoms with Crippen LogP contribution in [-0.4, -0.2) is 23.7 Å². The third kappa shape index (κ3) is 3.73. The number of urea groups is 1. The smallest absolute Gasteiger partial charge is 0.315 e. The fourth-order valence-corrected chi connectivity index (χ4v) is 2.84. The summed E-state index contributed by atoms with van der Waals surface area (Å²) in [7, 11) is 0. The van der Waals surface area contributed by atoms with Gasteiger partial charge in [0.05, 0.1) is 6.10 Å². The van der Waals surface area contributed by atoms with E-state index in [-0.39, 0.29) is 18.6 Å². The zero-order valence-electron chi connectivity index (χ0n) is 12.2. The van der Waals surface area contributed by atoms with E-state index in [9.17, 15) is 9.90 Å². The van der Waals surface area contributed by atoms with Crippen LogP contribution in [0.2, 0.25) is 0 Å². The number of aryl methyl sites for hydroxylation is 1. The minimum Gasteiger partial charge on any atom is -0.387 e. The van der Waals surface area contributed by atoms with Gasteiger partial charge >= 0.3 is 6.03 Å². The van der Waals surface area contributed by atoms with Gasteiger partial charge in [0.15, 0.2) is 0 Å². The molecule has 4 nitrogen and oxygen atoms in total. The van der Waals surface area contributed by atoms with Crippen molar-refractivity contribution in [2.45, 2.75) is 45.3 Å². The Balaban J connectivity index is 1.80. The van der Waals surface area contributed by atoms with Gasteiger partial charge < -0.3 is 15.7 Å². The number of hydrogen-bond acceptors (Lipinski definition) is 2. The van der Waals surface area contributed by atoms with E-state index in [2.05, 4.69) is 17.6 Å². The number of rotatable bonds is 4. The largest absolute Gasteiger partial charge is 0.387 e. The average Bonchev–Trinajstić information content (AvgIpc) is 2.82. The van der Waals surface area contributed by atoms with E-state index >= 15 is 0 Å². The van der Waals surface area contributed by atoms with E-state index < -0.39 is 6.10 Å². The molecule has 0 saturated heterocycles. The Kier molecular flexibility index (Phi) is 5.01. The summed E-state index contributed by atoms with van der Waals surface area (Å²) in [5.74, 6) is 0.544. The molecule has 20 heavy (non-hydrogen) atoms. The molecule has 0 aromatic heterocycles. The molecule has 0 heterocycles. The van der Waals surface area contributed by atoms with Crippen LogP contribution in [0.1, 0.15) is 43.4 Å². The van der Waals surface area contributed by atoms with Gasteiger partial charge in [-0.2, -0.15) is 0 Å². The van der Waals surface area contributed by atoms with Gasteiger partial charge in [0.1, 0.15) is 0 Å². The Morgan fingerprint density at radius 1 is 1.40 bits per heavy atom. The van der Waals surface area contributed by atoms with E-state index in [0.717, 1.165) is 17.5 Å². The van der Waals surface area contributed by atoms with Crippen LogP contribution in [-0.2, 0) is 0 Å². The third-order valence-corrected chi connectivity index (χ3v) is 4.18. The Morgan fingerprint density at radius 3 is 2.80 bits per heavy atom. The molecule has 4 heteroatoms. The van der Waals surface area contributed by atoms with Crippen molar-refractivity contribution in [1.29, 1.82) is 0 Å².